The summed E-state index contributed by atoms with van der Waals surface area (Å²) in [5.41, 5.74) is 0. The molecule has 8 heavy (non-hydrogen) atoms. The number of nitriles is 1. The highest BCUT2D eigenvalue weighted by molar-refractivity contribution is 4.93. The number of allylic oxidation sites excluding steroid dienone is 1. The van der Waals surface area contributed by atoms with Gasteiger partial charge in [0.05, 0.1) is 6.07 Å². The lowest BCUT2D eigenvalue weighted by atomic mass is 10.3. The standard InChI is InChI=1S/C4H10.C3H3N/c1-4(2)3;1-2-3-4/h4H,1-3H3;2H,1H2. The molecule has 46 valence electrons. The van der Waals surface area contributed by atoms with Crippen LogP contribution in [0.3, 0.4) is 0 Å². The van der Waals surface area contributed by atoms with Gasteiger partial charge in [-0.25, -0.2) is 0 Å². The van der Waals surface area contributed by atoms with Gasteiger partial charge in [0, 0.05) is 6.08 Å². The summed E-state index contributed by atoms with van der Waals surface area (Å²) in [5.74, 6) is 0.833. The van der Waals surface area contributed by atoms with E-state index in [0.717, 1.165) is 5.92 Å². The first-order valence-electron chi connectivity index (χ1n) is 2.65. The zero-order chi connectivity index (χ0) is 6.99. The van der Waals surface area contributed by atoms with Crippen molar-refractivity contribution in [3.05, 3.63) is 12.7 Å². The van der Waals surface area contributed by atoms with Crippen molar-refractivity contribution in [1.29, 1.82) is 5.26 Å². The van der Waals surface area contributed by atoms with Crippen LogP contribution in [0.2, 0.25) is 0 Å². The van der Waals surface area contributed by atoms with Gasteiger partial charge in [-0.2, -0.15) is 5.26 Å². The average molecular weight is 111 g/mol. The summed E-state index contributed by atoms with van der Waals surface area (Å²) in [5, 5.41) is 7.51. The molecular formula is C7H13N. The zero-order valence-corrected chi connectivity index (χ0v) is 5.81. The second kappa shape index (κ2) is 9.52. The Balaban J connectivity index is 0. The van der Waals surface area contributed by atoms with Crippen LogP contribution in [0, 0.1) is 17.2 Å². The van der Waals surface area contributed by atoms with Crippen molar-refractivity contribution >= 4 is 0 Å². The van der Waals surface area contributed by atoms with Crippen LogP contribution in [0.15, 0.2) is 12.7 Å². The third-order valence-corrected chi connectivity index (χ3v) is 0.0913. The van der Waals surface area contributed by atoms with Crippen molar-refractivity contribution in [2.45, 2.75) is 20.8 Å². The molecule has 1 nitrogen and oxygen atoms in total. The highest BCUT2D eigenvalue weighted by atomic mass is 14.2. The number of hydrogen-bond acceptors (Lipinski definition) is 1. The SMILES string of the molecule is C=CC#N.CC(C)C. The maximum atomic E-state index is 7.51. The Morgan fingerprint density at radius 2 is 1.62 bits per heavy atom. The van der Waals surface area contributed by atoms with E-state index >= 15 is 0 Å². The second-order valence-electron chi connectivity index (χ2n) is 2.07. The summed E-state index contributed by atoms with van der Waals surface area (Å²) < 4.78 is 0. The first-order chi connectivity index (χ1) is 3.65. The van der Waals surface area contributed by atoms with E-state index in [9.17, 15) is 0 Å². The molecule has 0 aromatic rings. The summed E-state index contributed by atoms with van der Waals surface area (Å²) in [6, 6.07) is 1.69. The fourth-order valence-corrected chi connectivity index (χ4v) is 0. The van der Waals surface area contributed by atoms with E-state index in [0.29, 0.717) is 0 Å². The minimum absolute atomic E-state index is 0.833. The van der Waals surface area contributed by atoms with Crippen LogP contribution in [0.4, 0.5) is 0 Å². The van der Waals surface area contributed by atoms with Gasteiger partial charge < -0.3 is 0 Å². The third-order valence-electron chi connectivity index (χ3n) is 0.0913. The molecule has 0 aromatic heterocycles. The largest absolute Gasteiger partial charge is 0.193 e. The fourth-order valence-electron chi connectivity index (χ4n) is 0. The van der Waals surface area contributed by atoms with Gasteiger partial charge in [0.25, 0.3) is 0 Å². The summed E-state index contributed by atoms with van der Waals surface area (Å²) in [4.78, 5) is 0. The minimum Gasteiger partial charge on any atom is -0.193 e. The van der Waals surface area contributed by atoms with Gasteiger partial charge in [-0.1, -0.05) is 27.4 Å². The van der Waals surface area contributed by atoms with Gasteiger partial charge in [-0.15, -0.1) is 0 Å². The van der Waals surface area contributed by atoms with Crippen LogP contribution in [0.5, 0.6) is 0 Å². The van der Waals surface area contributed by atoms with Crippen LogP contribution in [-0.4, -0.2) is 0 Å². The molecule has 0 aliphatic heterocycles. The Kier molecular flexibility index (Phi) is 12.2. The Hall–Kier alpha value is -0.770. The molecule has 0 N–H and O–H groups in total. The van der Waals surface area contributed by atoms with E-state index in [1.807, 2.05) is 0 Å². The molecule has 0 fully saturated rings. The minimum atomic E-state index is 0.833. The predicted octanol–water partition coefficient (Wildman–Crippen LogP) is 2.36. The van der Waals surface area contributed by atoms with Gasteiger partial charge in [0.1, 0.15) is 0 Å². The fraction of sp³-hybridized carbons (Fsp3) is 0.571. The zero-order valence-electron chi connectivity index (χ0n) is 5.81. The molecule has 0 spiro atoms. The Morgan fingerprint density at radius 1 is 1.50 bits per heavy atom. The van der Waals surface area contributed by atoms with Crippen LogP contribution in [0.1, 0.15) is 20.8 Å². The van der Waals surface area contributed by atoms with E-state index in [1.54, 1.807) is 6.07 Å². The van der Waals surface area contributed by atoms with E-state index in [-0.39, 0.29) is 0 Å². The first-order valence-corrected chi connectivity index (χ1v) is 2.65. The molecule has 0 aliphatic rings. The summed E-state index contributed by atoms with van der Waals surface area (Å²) in [7, 11) is 0. The van der Waals surface area contributed by atoms with Crippen molar-refractivity contribution in [3.63, 3.8) is 0 Å². The topological polar surface area (TPSA) is 23.8 Å². The molecule has 0 bridgehead atoms. The van der Waals surface area contributed by atoms with Gasteiger partial charge in [0.15, 0.2) is 0 Å². The highest BCUT2D eigenvalue weighted by Crippen LogP contribution is 1.81. The predicted molar refractivity (Wildman–Crippen MR) is 36.3 cm³/mol. The van der Waals surface area contributed by atoms with Crippen molar-refractivity contribution in [1.82, 2.24) is 0 Å². The quantitative estimate of drug-likeness (QED) is 0.440. The molecule has 0 aliphatic carbocycles. The molecule has 0 saturated heterocycles. The molecule has 0 radical (unpaired) electrons. The first kappa shape index (κ1) is 10.3. The van der Waals surface area contributed by atoms with Crippen LogP contribution < -0.4 is 0 Å². The lowest BCUT2D eigenvalue weighted by Crippen LogP contribution is -1.66. The molecule has 0 saturated carbocycles. The maximum Gasteiger partial charge on any atom is 0.0905 e. The Labute approximate surface area is 51.6 Å². The number of hydrogen-bond donors (Lipinski definition) is 0. The molecule has 0 atom stereocenters. The normalized spacial score (nSPS) is 6.38. The molecule has 0 unspecified atom stereocenters. The number of nitrogens with zero attached hydrogens (tertiary/aromatic N) is 1. The lowest BCUT2D eigenvalue weighted by Gasteiger charge is -1.79. The Morgan fingerprint density at radius 3 is 1.62 bits per heavy atom. The summed E-state index contributed by atoms with van der Waals surface area (Å²) >= 11 is 0. The Bertz CT molecular complexity index is 74.1. The van der Waals surface area contributed by atoms with E-state index in [4.69, 9.17) is 5.26 Å². The monoisotopic (exact) mass is 111 g/mol. The van der Waals surface area contributed by atoms with Gasteiger partial charge in [-0.05, 0) is 5.92 Å². The number of rotatable bonds is 0. The smallest absolute Gasteiger partial charge is 0.0905 e. The molecule has 0 aromatic carbocycles. The van der Waals surface area contributed by atoms with Crippen molar-refractivity contribution in [3.8, 4) is 6.07 Å². The van der Waals surface area contributed by atoms with Crippen molar-refractivity contribution in [2.75, 3.05) is 0 Å². The summed E-state index contributed by atoms with van der Waals surface area (Å²) in [6.07, 6.45) is 1.18. The molecule has 1 heteroatoms. The third kappa shape index (κ3) is 1770. The van der Waals surface area contributed by atoms with Crippen LogP contribution in [0.25, 0.3) is 0 Å². The van der Waals surface area contributed by atoms with Gasteiger partial charge >= 0.3 is 0 Å². The second-order valence-corrected chi connectivity index (χ2v) is 2.07. The molecular weight excluding hydrogens is 98.1 g/mol. The summed E-state index contributed by atoms with van der Waals surface area (Å²) in [6.45, 7) is 9.62. The van der Waals surface area contributed by atoms with Gasteiger partial charge in [-0.3, -0.25) is 0 Å². The van der Waals surface area contributed by atoms with Crippen molar-refractivity contribution in [2.24, 2.45) is 5.92 Å². The van der Waals surface area contributed by atoms with E-state index in [1.165, 1.54) is 6.08 Å². The van der Waals surface area contributed by atoms with Crippen LogP contribution in [-0.2, 0) is 0 Å². The van der Waals surface area contributed by atoms with Gasteiger partial charge in [0.2, 0.25) is 0 Å². The van der Waals surface area contributed by atoms with E-state index < -0.39 is 0 Å². The lowest BCUT2D eigenvalue weighted by molar-refractivity contribution is 0.737. The molecule has 0 amide bonds. The van der Waals surface area contributed by atoms with E-state index in [2.05, 4.69) is 27.4 Å². The molecule has 0 rings (SSSR count). The molecule has 0 heterocycles. The maximum absolute atomic E-state index is 7.51. The van der Waals surface area contributed by atoms with Crippen molar-refractivity contribution < 1.29 is 0 Å². The average Bonchev–Trinajstić information content (AvgIpc) is 1.65. The highest BCUT2D eigenvalue weighted by Gasteiger charge is 1.68. The van der Waals surface area contributed by atoms with Crippen LogP contribution >= 0.6 is 0 Å².